The summed E-state index contributed by atoms with van der Waals surface area (Å²) in [5.41, 5.74) is 3.48. The van der Waals surface area contributed by atoms with Gasteiger partial charge in [0.25, 0.3) is 0 Å². The Morgan fingerprint density at radius 3 is 2.53 bits per heavy atom. The molecule has 0 bridgehead atoms. The van der Waals surface area contributed by atoms with Gasteiger partial charge in [-0.15, -0.1) is 0 Å². The van der Waals surface area contributed by atoms with E-state index in [2.05, 4.69) is 63.5 Å². The predicted octanol–water partition coefficient (Wildman–Crippen LogP) is 7.59. The molecule has 0 spiro atoms. The summed E-state index contributed by atoms with van der Waals surface area (Å²) in [5.74, 6) is 2.05. The number of halogens is 1. The van der Waals surface area contributed by atoms with Crippen molar-refractivity contribution in [2.75, 3.05) is 18.7 Å². The fraction of sp³-hybridized carbons (Fsp3) is 0.704. The molecule has 0 aromatic heterocycles. The summed E-state index contributed by atoms with van der Waals surface area (Å²) in [7, 11) is 0. The van der Waals surface area contributed by atoms with Crippen molar-refractivity contribution >= 4 is 17.0 Å². The van der Waals surface area contributed by atoms with Crippen LogP contribution in [0.15, 0.2) is 23.8 Å². The number of aryl methyl sites for hydroxylation is 1. The Morgan fingerprint density at radius 1 is 1.20 bits per heavy atom. The van der Waals surface area contributed by atoms with Gasteiger partial charge in [-0.2, -0.15) is 0 Å². The standard InChI is InChI=1S/C27H45IO2/c1-9-28(7,8,19(2)3)15-11-10-12-21-17-24(29)26-22-16-20(4)13-14-23(22)27(5,6)30-25(26)18-21/h16-19,22-23,29H,9-15H2,1-8H3/t22-,23-/m1/s1. The first-order valence-electron chi connectivity index (χ1n) is 11.8. The summed E-state index contributed by atoms with van der Waals surface area (Å²) in [4.78, 5) is 5.26. The van der Waals surface area contributed by atoms with Gasteiger partial charge in [-0.25, -0.2) is 0 Å². The van der Waals surface area contributed by atoms with Crippen LogP contribution in [0, 0.1) is 5.92 Å². The van der Waals surface area contributed by atoms with E-state index >= 15 is 0 Å². The second kappa shape index (κ2) is 8.33. The van der Waals surface area contributed by atoms with Crippen molar-refractivity contribution in [3.63, 3.8) is 0 Å². The van der Waals surface area contributed by atoms with Crippen molar-refractivity contribution in [3.05, 3.63) is 34.9 Å². The number of phenols is 1. The third-order valence-electron chi connectivity index (χ3n) is 8.36. The number of rotatable bonds is 7. The van der Waals surface area contributed by atoms with Gasteiger partial charge in [0.2, 0.25) is 0 Å². The molecular formula is C27H45IO2. The maximum absolute atomic E-state index is 11.0. The van der Waals surface area contributed by atoms with Crippen LogP contribution in [0.5, 0.6) is 11.5 Å². The Kier molecular flexibility index (Phi) is 6.65. The monoisotopic (exact) mass is 528 g/mol. The molecule has 0 fully saturated rings. The number of hydrogen-bond donors (Lipinski definition) is 1. The third-order valence-corrected chi connectivity index (χ3v) is 26.2. The SMILES string of the molecule is CCI(C)(C)(CCCCc1cc(O)c2c(c1)OC(C)(C)[C@@H]1CCC(C)=C[C@@H]21)C(C)C. The molecule has 0 radical (unpaired) electrons. The van der Waals surface area contributed by atoms with Crippen molar-refractivity contribution in [2.45, 2.75) is 89.1 Å². The number of aromatic hydroxyl groups is 1. The zero-order chi connectivity index (χ0) is 22.3. The van der Waals surface area contributed by atoms with Crippen LogP contribution in [-0.2, 0) is 6.42 Å². The molecule has 2 nitrogen and oxygen atoms in total. The van der Waals surface area contributed by atoms with Gasteiger partial charge < -0.3 is 0 Å². The molecule has 172 valence electrons. The Hall–Kier alpha value is -0.710. The fourth-order valence-electron chi connectivity index (χ4n) is 5.25. The third kappa shape index (κ3) is 4.56. The average Bonchev–Trinajstić information content (AvgIpc) is 2.64. The fourth-order valence-corrected chi connectivity index (χ4v) is 12.1. The number of unbranched alkanes of at least 4 members (excludes halogenated alkanes) is 1. The molecule has 1 aliphatic carbocycles. The summed E-state index contributed by atoms with van der Waals surface area (Å²) in [6.07, 6.45) is 8.16. The van der Waals surface area contributed by atoms with E-state index in [1.807, 2.05) is 6.07 Å². The molecule has 2 atom stereocenters. The van der Waals surface area contributed by atoms with E-state index in [4.69, 9.17) is 4.74 Å². The Labute approximate surface area is 186 Å². The summed E-state index contributed by atoms with van der Waals surface area (Å²) < 4.78 is 10.2. The molecule has 0 saturated carbocycles. The van der Waals surface area contributed by atoms with E-state index in [1.54, 1.807) is 0 Å². The first-order chi connectivity index (χ1) is 13.9. The molecule has 0 saturated heterocycles. The normalized spacial score (nSPS) is 24.3. The van der Waals surface area contributed by atoms with E-state index in [9.17, 15) is 5.11 Å². The van der Waals surface area contributed by atoms with Crippen LogP contribution in [0.4, 0.5) is 0 Å². The minimum absolute atomic E-state index is 0.192. The number of ether oxygens (including phenoxy) is 1. The van der Waals surface area contributed by atoms with E-state index < -0.39 is 17.0 Å². The minimum atomic E-state index is -2.24. The molecule has 3 rings (SSSR count). The molecule has 3 heteroatoms. The van der Waals surface area contributed by atoms with Gasteiger partial charge in [-0.1, -0.05) is 0 Å². The summed E-state index contributed by atoms with van der Waals surface area (Å²) >= 11 is -2.24. The van der Waals surface area contributed by atoms with Crippen molar-refractivity contribution in [3.8, 4) is 11.5 Å². The van der Waals surface area contributed by atoms with Gasteiger partial charge in [-0.05, 0) is 0 Å². The molecule has 1 aliphatic heterocycles. The molecule has 1 N–H and O–H groups in total. The zero-order valence-electron chi connectivity index (χ0n) is 20.6. The molecule has 30 heavy (non-hydrogen) atoms. The number of hydrogen-bond acceptors (Lipinski definition) is 2. The van der Waals surface area contributed by atoms with E-state index in [-0.39, 0.29) is 11.5 Å². The van der Waals surface area contributed by atoms with Crippen LogP contribution >= 0.6 is 17.0 Å². The number of benzene rings is 1. The van der Waals surface area contributed by atoms with Crippen molar-refractivity contribution in [2.24, 2.45) is 5.92 Å². The van der Waals surface area contributed by atoms with Gasteiger partial charge in [-0.3, -0.25) is 0 Å². The van der Waals surface area contributed by atoms with Crippen LogP contribution in [0.3, 0.4) is 0 Å². The topological polar surface area (TPSA) is 29.5 Å². The number of phenolic OH excluding ortho intramolecular Hbond substituents is 1. The molecule has 1 heterocycles. The molecule has 1 aromatic rings. The average molecular weight is 529 g/mol. The van der Waals surface area contributed by atoms with Gasteiger partial charge in [0.05, 0.1) is 0 Å². The zero-order valence-corrected chi connectivity index (χ0v) is 22.8. The van der Waals surface area contributed by atoms with Crippen molar-refractivity contribution in [1.82, 2.24) is 0 Å². The quantitative estimate of drug-likeness (QED) is 0.171. The van der Waals surface area contributed by atoms with Gasteiger partial charge in [0.15, 0.2) is 0 Å². The van der Waals surface area contributed by atoms with Crippen LogP contribution in [0.1, 0.15) is 84.3 Å². The first-order valence-corrected chi connectivity index (χ1v) is 20.4. The van der Waals surface area contributed by atoms with Gasteiger partial charge in [0.1, 0.15) is 0 Å². The van der Waals surface area contributed by atoms with Crippen molar-refractivity contribution < 1.29 is 9.84 Å². The maximum atomic E-state index is 11.0. The molecule has 0 amide bonds. The summed E-state index contributed by atoms with van der Waals surface area (Å²) in [6.45, 7) is 13.9. The first kappa shape index (κ1) is 23.9. The van der Waals surface area contributed by atoms with Crippen molar-refractivity contribution in [1.29, 1.82) is 0 Å². The van der Waals surface area contributed by atoms with Crippen LogP contribution in [0.2, 0.25) is 0 Å². The number of fused-ring (bicyclic) bond motifs is 3. The van der Waals surface area contributed by atoms with E-state index in [0.29, 0.717) is 11.7 Å². The molecule has 0 unspecified atom stereocenters. The number of allylic oxidation sites excluding steroid dienone is 2. The van der Waals surface area contributed by atoms with Gasteiger partial charge >= 0.3 is 187 Å². The van der Waals surface area contributed by atoms with E-state index in [1.165, 1.54) is 32.8 Å². The van der Waals surface area contributed by atoms with Crippen LogP contribution in [-0.4, -0.2) is 33.3 Å². The predicted molar refractivity (Wildman–Crippen MR) is 141 cm³/mol. The Balaban J connectivity index is 1.76. The molecule has 1 aromatic carbocycles. The molecule has 2 aliphatic rings. The second-order valence-corrected chi connectivity index (χ2v) is 29.9. The van der Waals surface area contributed by atoms with Crippen LogP contribution in [0.25, 0.3) is 0 Å². The second-order valence-electron chi connectivity index (χ2n) is 11.2. The van der Waals surface area contributed by atoms with Gasteiger partial charge in [0, 0.05) is 0 Å². The number of alkyl halides is 5. The molecular weight excluding hydrogens is 483 g/mol. The Morgan fingerprint density at radius 2 is 1.90 bits per heavy atom. The van der Waals surface area contributed by atoms with E-state index in [0.717, 1.165) is 34.5 Å². The summed E-state index contributed by atoms with van der Waals surface area (Å²) in [6, 6.07) is 4.23. The van der Waals surface area contributed by atoms with Crippen LogP contribution < -0.4 is 4.74 Å². The summed E-state index contributed by atoms with van der Waals surface area (Å²) in [5, 5.41) is 11.0. The Bertz CT molecular complexity index is 818.